The van der Waals surface area contributed by atoms with Crippen molar-refractivity contribution in [2.24, 2.45) is 0 Å². The van der Waals surface area contributed by atoms with Crippen LogP contribution >= 0.6 is 0 Å². The van der Waals surface area contributed by atoms with Crippen molar-refractivity contribution in [3.05, 3.63) is 59.2 Å². The summed E-state index contributed by atoms with van der Waals surface area (Å²) in [5, 5.41) is 2.99. The van der Waals surface area contributed by atoms with Crippen molar-refractivity contribution in [2.45, 2.75) is 51.3 Å². The highest BCUT2D eigenvalue weighted by Crippen LogP contribution is 2.23. The van der Waals surface area contributed by atoms with Crippen molar-refractivity contribution < 1.29 is 13.2 Å². The Hall–Kier alpha value is -2.18. The summed E-state index contributed by atoms with van der Waals surface area (Å²) in [4.78, 5) is 12.8. The topological polar surface area (TPSA) is 75.3 Å². The van der Waals surface area contributed by atoms with Crippen LogP contribution in [0.25, 0.3) is 0 Å². The molecule has 2 aromatic rings. The quantitative estimate of drug-likeness (QED) is 0.634. The molecule has 1 amide bonds. The van der Waals surface area contributed by atoms with Gasteiger partial charge in [0.1, 0.15) is 0 Å². The zero-order valence-electron chi connectivity index (χ0n) is 16.2. The van der Waals surface area contributed by atoms with Crippen molar-refractivity contribution in [1.29, 1.82) is 0 Å². The summed E-state index contributed by atoms with van der Waals surface area (Å²) in [7, 11) is -3.54. The van der Waals surface area contributed by atoms with Crippen LogP contribution in [0.4, 0.5) is 5.69 Å². The Labute approximate surface area is 162 Å². The Morgan fingerprint density at radius 3 is 2.04 bits per heavy atom. The van der Waals surface area contributed by atoms with Gasteiger partial charge in [-0.1, -0.05) is 45.4 Å². The van der Waals surface area contributed by atoms with Gasteiger partial charge in [0.05, 0.1) is 4.90 Å². The third-order valence-electron chi connectivity index (χ3n) is 4.49. The number of hydrogen-bond acceptors (Lipinski definition) is 3. The smallest absolute Gasteiger partial charge is 0.255 e. The average molecular weight is 389 g/mol. The Balaban J connectivity index is 2.17. The number of carbonyl (C=O) groups excluding carboxylic acids is 1. The molecule has 0 aliphatic rings. The third-order valence-corrected chi connectivity index (χ3v) is 5.96. The number of anilines is 1. The molecule has 0 fully saturated rings. The zero-order chi connectivity index (χ0) is 19.9. The number of para-hydroxylation sites is 1. The van der Waals surface area contributed by atoms with Crippen molar-refractivity contribution >= 4 is 21.6 Å². The summed E-state index contributed by atoms with van der Waals surface area (Å²) in [6.45, 7) is 6.52. The number of sulfonamides is 1. The molecule has 0 aliphatic carbocycles. The van der Waals surface area contributed by atoms with Crippen LogP contribution in [0.2, 0.25) is 0 Å². The van der Waals surface area contributed by atoms with Gasteiger partial charge in [0.2, 0.25) is 10.0 Å². The van der Waals surface area contributed by atoms with Crippen LogP contribution in [-0.4, -0.2) is 20.9 Å². The van der Waals surface area contributed by atoms with Crippen LogP contribution in [0.5, 0.6) is 0 Å². The van der Waals surface area contributed by atoms with E-state index in [0.29, 0.717) is 12.1 Å². The van der Waals surface area contributed by atoms with Crippen LogP contribution < -0.4 is 10.0 Å². The summed E-state index contributed by atoms with van der Waals surface area (Å²) >= 11 is 0. The van der Waals surface area contributed by atoms with E-state index in [4.69, 9.17) is 0 Å². The summed E-state index contributed by atoms with van der Waals surface area (Å²) in [5.74, 6) is -0.242. The fraction of sp³-hybridized carbons (Fsp3) is 0.381. The van der Waals surface area contributed by atoms with Gasteiger partial charge >= 0.3 is 0 Å². The van der Waals surface area contributed by atoms with Crippen LogP contribution in [-0.2, 0) is 22.9 Å². The lowest BCUT2D eigenvalue weighted by Crippen LogP contribution is -2.24. The van der Waals surface area contributed by atoms with Gasteiger partial charge in [-0.2, -0.15) is 0 Å². The van der Waals surface area contributed by atoms with E-state index in [9.17, 15) is 13.2 Å². The van der Waals surface area contributed by atoms with Gasteiger partial charge in [0, 0.05) is 17.8 Å². The summed E-state index contributed by atoms with van der Waals surface area (Å²) in [6.07, 6.45) is 3.35. The molecule has 2 rings (SSSR count). The molecule has 6 heteroatoms. The lowest BCUT2D eigenvalue weighted by atomic mass is 10.0. The van der Waals surface area contributed by atoms with Gasteiger partial charge < -0.3 is 5.32 Å². The maximum absolute atomic E-state index is 12.6. The molecule has 0 saturated carbocycles. The SMILES string of the molecule is CCCCNS(=O)(=O)c1ccc(C(=O)Nc2c(CC)cccc2CC)cc1. The molecule has 2 N–H and O–H groups in total. The molecule has 2 aromatic carbocycles. The largest absolute Gasteiger partial charge is 0.321 e. The van der Waals surface area contributed by atoms with Crippen molar-refractivity contribution in [3.63, 3.8) is 0 Å². The highest BCUT2D eigenvalue weighted by molar-refractivity contribution is 7.89. The zero-order valence-corrected chi connectivity index (χ0v) is 17.0. The second-order valence-electron chi connectivity index (χ2n) is 6.39. The Morgan fingerprint density at radius 1 is 0.926 bits per heavy atom. The monoisotopic (exact) mass is 388 g/mol. The summed E-state index contributed by atoms with van der Waals surface area (Å²) < 4.78 is 27.0. The molecular weight excluding hydrogens is 360 g/mol. The predicted molar refractivity (Wildman–Crippen MR) is 110 cm³/mol. The molecule has 0 aromatic heterocycles. The molecule has 5 nitrogen and oxygen atoms in total. The molecule has 0 bridgehead atoms. The van der Waals surface area contributed by atoms with Gasteiger partial charge in [-0.3, -0.25) is 4.79 Å². The molecule has 0 heterocycles. The minimum atomic E-state index is -3.54. The number of hydrogen-bond donors (Lipinski definition) is 2. The van der Waals surface area contributed by atoms with E-state index >= 15 is 0 Å². The van der Waals surface area contributed by atoms with Gasteiger partial charge in [-0.25, -0.2) is 13.1 Å². The van der Waals surface area contributed by atoms with Crippen LogP contribution in [0, 0.1) is 0 Å². The van der Waals surface area contributed by atoms with Gasteiger partial charge in [-0.15, -0.1) is 0 Å². The van der Waals surface area contributed by atoms with Crippen LogP contribution in [0.15, 0.2) is 47.4 Å². The van der Waals surface area contributed by atoms with E-state index in [-0.39, 0.29) is 10.8 Å². The minimum absolute atomic E-state index is 0.165. The maximum Gasteiger partial charge on any atom is 0.255 e. The van der Waals surface area contributed by atoms with E-state index in [1.165, 1.54) is 12.1 Å². The first-order chi connectivity index (χ1) is 12.9. The highest BCUT2D eigenvalue weighted by Gasteiger charge is 2.15. The third kappa shape index (κ3) is 5.40. The lowest BCUT2D eigenvalue weighted by molar-refractivity contribution is 0.102. The van der Waals surface area contributed by atoms with Crippen molar-refractivity contribution in [3.8, 4) is 0 Å². The minimum Gasteiger partial charge on any atom is -0.321 e. The van der Waals surface area contributed by atoms with Crippen LogP contribution in [0.1, 0.15) is 55.1 Å². The Morgan fingerprint density at radius 2 is 1.52 bits per heavy atom. The Kier molecular flexibility index (Phi) is 7.56. The number of aryl methyl sites for hydroxylation is 2. The van der Waals surface area contributed by atoms with Gasteiger partial charge in [-0.05, 0) is 54.7 Å². The van der Waals surface area contributed by atoms with Crippen LogP contribution in [0.3, 0.4) is 0 Å². The first-order valence-electron chi connectivity index (χ1n) is 9.44. The second-order valence-corrected chi connectivity index (χ2v) is 8.16. The lowest BCUT2D eigenvalue weighted by Gasteiger charge is -2.14. The maximum atomic E-state index is 12.6. The number of benzene rings is 2. The first kappa shape index (κ1) is 21.1. The van der Waals surface area contributed by atoms with Gasteiger partial charge in [0.25, 0.3) is 5.91 Å². The van der Waals surface area contributed by atoms with Crippen molar-refractivity contribution in [1.82, 2.24) is 4.72 Å². The number of unbranched alkanes of at least 4 members (excludes halogenated alkanes) is 1. The molecule has 0 aliphatic heterocycles. The number of carbonyl (C=O) groups is 1. The molecule has 0 radical (unpaired) electrons. The molecule has 146 valence electrons. The number of amides is 1. The second kappa shape index (κ2) is 9.67. The predicted octanol–water partition coefficient (Wildman–Crippen LogP) is 4.14. The highest BCUT2D eigenvalue weighted by atomic mass is 32.2. The van der Waals surface area contributed by atoms with E-state index in [1.807, 2.05) is 25.1 Å². The summed E-state index contributed by atoms with van der Waals surface area (Å²) in [6, 6.07) is 12.0. The van der Waals surface area contributed by atoms with E-state index < -0.39 is 10.0 Å². The molecule has 0 unspecified atom stereocenters. The van der Waals surface area contributed by atoms with E-state index in [0.717, 1.165) is 42.5 Å². The van der Waals surface area contributed by atoms with Crippen molar-refractivity contribution in [2.75, 3.05) is 11.9 Å². The van der Waals surface area contributed by atoms with E-state index in [2.05, 4.69) is 23.9 Å². The molecule has 0 saturated heterocycles. The summed E-state index contributed by atoms with van der Waals surface area (Å²) in [5.41, 5.74) is 3.45. The first-order valence-corrected chi connectivity index (χ1v) is 10.9. The van der Waals surface area contributed by atoms with Gasteiger partial charge in [0.15, 0.2) is 0 Å². The molecule has 27 heavy (non-hydrogen) atoms. The number of nitrogens with one attached hydrogen (secondary N) is 2. The Bertz CT molecular complexity index is 853. The molecule has 0 spiro atoms. The average Bonchev–Trinajstić information content (AvgIpc) is 2.68. The standard InChI is InChI=1S/C21H28N2O3S/c1-4-7-15-22-27(25,26)19-13-11-18(12-14-19)21(24)23-20-16(5-2)9-8-10-17(20)6-3/h8-14,22H,4-7,15H2,1-3H3,(H,23,24). The normalized spacial score (nSPS) is 11.4. The van der Waals surface area contributed by atoms with E-state index in [1.54, 1.807) is 12.1 Å². The molecular formula is C21H28N2O3S. The molecule has 0 atom stereocenters. The number of rotatable bonds is 9. The fourth-order valence-corrected chi connectivity index (χ4v) is 3.92. The fourth-order valence-electron chi connectivity index (χ4n) is 2.84.